The van der Waals surface area contributed by atoms with Crippen molar-refractivity contribution in [3.63, 3.8) is 0 Å². The van der Waals surface area contributed by atoms with E-state index in [0.29, 0.717) is 39.6 Å². The molecule has 0 unspecified atom stereocenters. The van der Waals surface area contributed by atoms with Crippen molar-refractivity contribution in [3.8, 4) is 0 Å². The van der Waals surface area contributed by atoms with Crippen LogP contribution >= 0.6 is 0 Å². The molecule has 0 rings (SSSR count). The zero-order valence-electron chi connectivity index (χ0n) is 12.3. The van der Waals surface area contributed by atoms with E-state index < -0.39 is 0 Å². The van der Waals surface area contributed by atoms with Gasteiger partial charge in [0.2, 0.25) is 0 Å². The van der Waals surface area contributed by atoms with Crippen LogP contribution in [-0.4, -0.2) is 99.3 Å². The summed E-state index contributed by atoms with van der Waals surface area (Å²) in [7, 11) is 0. The molecular weight excluding hydrogens is 266 g/mol. The van der Waals surface area contributed by atoms with Gasteiger partial charge in [0.05, 0.1) is 39.6 Å². The van der Waals surface area contributed by atoms with Crippen molar-refractivity contribution in [1.29, 1.82) is 0 Å². The second-order valence-corrected chi connectivity index (χ2v) is 4.23. The SMILES string of the molecule is OCCOCCCN(CCOCCO)CCOCC[OH2+]. The largest absolute Gasteiger partial charge is 0.444 e. The fourth-order valence-electron chi connectivity index (χ4n) is 1.62. The summed E-state index contributed by atoms with van der Waals surface area (Å²) in [5.74, 6) is 0. The van der Waals surface area contributed by atoms with Crippen LogP contribution in [0.4, 0.5) is 0 Å². The van der Waals surface area contributed by atoms with E-state index in [9.17, 15) is 0 Å². The first-order chi connectivity index (χ1) is 9.85. The van der Waals surface area contributed by atoms with E-state index in [0.717, 1.165) is 26.1 Å². The van der Waals surface area contributed by atoms with E-state index in [1.165, 1.54) is 0 Å². The summed E-state index contributed by atoms with van der Waals surface area (Å²) in [6, 6.07) is 0. The average Bonchev–Trinajstić information content (AvgIpc) is 2.47. The third-order valence-corrected chi connectivity index (χ3v) is 2.58. The molecule has 0 heterocycles. The highest BCUT2D eigenvalue weighted by Crippen LogP contribution is 1.94. The summed E-state index contributed by atoms with van der Waals surface area (Å²) in [6.45, 7) is 5.86. The average molecular weight is 296 g/mol. The molecule has 0 fully saturated rings. The molecule has 0 aromatic carbocycles. The summed E-state index contributed by atoms with van der Waals surface area (Å²) in [5.41, 5.74) is 0. The molecule has 7 heteroatoms. The van der Waals surface area contributed by atoms with Crippen molar-refractivity contribution >= 4 is 0 Å². The lowest BCUT2D eigenvalue weighted by Gasteiger charge is -2.22. The van der Waals surface area contributed by atoms with Gasteiger partial charge in [-0.25, -0.2) is 0 Å². The van der Waals surface area contributed by atoms with Gasteiger partial charge in [0, 0.05) is 26.2 Å². The monoisotopic (exact) mass is 296 g/mol. The molecule has 0 amide bonds. The predicted molar refractivity (Wildman–Crippen MR) is 76.2 cm³/mol. The minimum absolute atomic E-state index is 0.0433. The second-order valence-electron chi connectivity index (χ2n) is 4.23. The maximum Gasteiger partial charge on any atom is 0.167 e. The molecule has 0 saturated carbocycles. The Labute approximate surface area is 121 Å². The van der Waals surface area contributed by atoms with Crippen molar-refractivity contribution in [3.05, 3.63) is 0 Å². The van der Waals surface area contributed by atoms with Gasteiger partial charge in [-0.05, 0) is 6.42 Å². The van der Waals surface area contributed by atoms with Crippen molar-refractivity contribution < 1.29 is 29.5 Å². The smallest absolute Gasteiger partial charge is 0.167 e. The van der Waals surface area contributed by atoms with Gasteiger partial charge < -0.3 is 29.5 Å². The molecule has 0 atom stereocenters. The fraction of sp³-hybridized carbons (Fsp3) is 1.00. The third kappa shape index (κ3) is 14.1. The van der Waals surface area contributed by atoms with E-state index in [-0.39, 0.29) is 19.8 Å². The standard InChI is InChI=1S/C13H29NO6/c15-5-11-18-8-1-2-14(3-9-19-12-6-16)4-10-20-13-7-17/h15-17H,1-13H2/p+1. The lowest BCUT2D eigenvalue weighted by molar-refractivity contribution is 0.0443. The topological polar surface area (TPSA) is 94.3 Å². The van der Waals surface area contributed by atoms with Gasteiger partial charge in [-0.3, -0.25) is 4.90 Å². The van der Waals surface area contributed by atoms with Crippen LogP contribution in [0, 0.1) is 0 Å². The highest BCUT2D eigenvalue weighted by Gasteiger charge is 2.05. The maximum absolute atomic E-state index is 8.64. The molecule has 0 aliphatic rings. The Hall–Kier alpha value is -0.280. The van der Waals surface area contributed by atoms with Gasteiger partial charge in [0.15, 0.2) is 6.61 Å². The van der Waals surface area contributed by atoms with Gasteiger partial charge in [0.25, 0.3) is 0 Å². The van der Waals surface area contributed by atoms with Crippen LogP contribution in [0.1, 0.15) is 6.42 Å². The minimum Gasteiger partial charge on any atom is -0.444 e. The van der Waals surface area contributed by atoms with Gasteiger partial charge in [-0.15, -0.1) is 0 Å². The van der Waals surface area contributed by atoms with Crippen molar-refractivity contribution in [2.45, 2.75) is 6.42 Å². The maximum atomic E-state index is 8.64. The van der Waals surface area contributed by atoms with Crippen LogP contribution in [0.15, 0.2) is 0 Å². The van der Waals surface area contributed by atoms with Crippen molar-refractivity contribution in [2.24, 2.45) is 0 Å². The van der Waals surface area contributed by atoms with E-state index in [1.54, 1.807) is 0 Å². The van der Waals surface area contributed by atoms with Gasteiger partial charge in [-0.2, -0.15) is 0 Å². The van der Waals surface area contributed by atoms with Crippen molar-refractivity contribution in [2.75, 3.05) is 79.1 Å². The second kappa shape index (κ2) is 16.8. The van der Waals surface area contributed by atoms with Gasteiger partial charge >= 0.3 is 0 Å². The molecule has 0 spiro atoms. The first kappa shape index (κ1) is 19.7. The van der Waals surface area contributed by atoms with E-state index >= 15 is 0 Å². The molecule has 4 N–H and O–H groups in total. The molecule has 0 aromatic rings. The summed E-state index contributed by atoms with van der Waals surface area (Å²) < 4.78 is 15.8. The number of rotatable bonds is 16. The number of ether oxygens (including phenoxy) is 3. The molecule has 122 valence electrons. The highest BCUT2D eigenvalue weighted by molar-refractivity contribution is 4.57. The number of aliphatic hydroxyl groups is 2. The molecular formula is C13H30NO6+. The summed E-state index contributed by atoms with van der Waals surface area (Å²) in [5, 5.41) is 24.2. The van der Waals surface area contributed by atoms with E-state index in [1.807, 2.05) is 0 Å². The molecule has 7 nitrogen and oxygen atoms in total. The molecule has 0 radical (unpaired) electrons. The first-order valence-electron chi connectivity index (χ1n) is 7.17. The Bertz CT molecular complexity index is 172. The Morgan fingerprint density at radius 2 is 1.25 bits per heavy atom. The quantitative estimate of drug-likeness (QED) is 0.264. The number of hydrogen-bond acceptors (Lipinski definition) is 6. The molecule has 0 bridgehead atoms. The zero-order chi connectivity index (χ0) is 14.9. The molecule has 0 aliphatic heterocycles. The summed E-state index contributed by atoms with van der Waals surface area (Å²) in [6.07, 6.45) is 0.887. The van der Waals surface area contributed by atoms with Crippen LogP contribution in [-0.2, 0) is 14.2 Å². The molecule has 0 aromatic heterocycles. The first-order valence-corrected chi connectivity index (χ1v) is 7.17. The molecule has 0 aliphatic carbocycles. The van der Waals surface area contributed by atoms with Crippen LogP contribution in [0.2, 0.25) is 0 Å². The van der Waals surface area contributed by atoms with Crippen molar-refractivity contribution in [1.82, 2.24) is 4.90 Å². The highest BCUT2D eigenvalue weighted by atomic mass is 16.5. The minimum atomic E-state index is 0.0433. The Balaban J connectivity index is 3.67. The Morgan fingerprint density at radius 1 is 0.700 bits per heavy atom. The Morgan fingerprint density at radius 3 is 1.80 bits per heavy atom. The molecule has 0 saturated heterocycles. The number of aliphatic hydroxyl groups excluding tert-OH is 2. The zero-order valence-corrected chi connectivity index (χ0v) is 12.3. The third-order valence-electron chi connectivity index (χ3n) is 2.58. The van der Waals surface area contributed by atoms with Crippen LogP contribution < -0.4 is 0 Å². The van der Waals surface area contributed by atoms with Crippen LogP contribution in [0.3, 0.4) is 0 Å². The predicted octanol–water partition coefficient (Wildman–Crippen LogP) is -1.56. The van der Waals surface area contributed by atoms with Crippen LogP contribution in [0.25, 0.3) is 0 Å². The number of hydrogen-bond donors (Lipinski definition) is 2. The van der Waals surface area contributed by atoms with Gasteiger partial charge in [0.1, 0.15) is 6.61 Å². The van der Waals surface area contributed by atoms with Crippen LogP contribution in [0.5, 0.6) is 0 Å². The summed E-state index contributed by atoms with van der Waals surface area (Å²) >= 11 is 0. The van der Waals surface area contributed by atoms with E-state index in [2.05, 4.69) is 4.90 Å². The Kier molecular flexibility index (Phi) is 16.5. The number of nitrogens with zero attached hydrogens (tertiary/aromatic N) is 1. The fourth-order valence-corrected chi connectivity index (χ4v) is 1.62. The normalized spacial score (nSPS) is 11.4. The lowest BCUT2D eigenvalue weighted by Crippen LogP contribution is -2.33. The summed E-state index contributed by atoms with van der Waals surface area (Å²) in [4.78, 5) is 2.21. The molecule has 20 heavy (non-hydrogen) atoms. The lowest BCUT2D eigenvalue weighted by atomic mass is 10.4. The van der Waals surface area contributed by atoms with Gasteiger partial charge in [-0.1, -0.05) is 0 Å². The van der Waals surface area contributed by atoms with E-state index in [4.69, 9.17) is 29.5 Å².